The first-order chi connectivity index (χ1) is 16.1. The largest absolute Gasteiger partial charge is 0.356 e. The summed E-state index contributed by atoms with van der Waals surface area (Å²) in [6, 6.07) is 16.4. The normalized spacial score (nSPS) is 14.5. The van der Waals surface area contributed by atoms with E-state index in [-0.39, 0.29) is 11.8 Å². The zero-order valence-corrected chi connectivity index (χ0v) is 18.9. The second-order valence-electron chi connectivity index (χ2n) is 8.74. The minimum absolute atomic E-state index is 0.00284. The molecule has 5 rings (SSSR count). The number of hydrogen-bond donors (Lipinski definition) is 1. The Morgan fingerprint density at radius 2 is 1.67 bits per heavy atom. The number of piperidine rings is 1. The van der Waals surface area contributed by atoms with Gasteiger partial charge in [0.05, 0.1) is 0 Å². The standard InChI is InChI=1S/C26H27N5O2/c1-17-3-7-19(8-4-17)15-27-25(32)21-11-13-31(14-12-21)24-22-23(20-9-5-18(2)6-10-20)30-33-26(22)29-16-28-24/h3-10,16,21H,11-15H2,1-2H3,(H,27,32). The summed E-state index contributed by atoms with van der Waals surface area (Å²) in [5, 5.41) is 8.20. The van der Waals surface area contributed by atoms with Crippen LogP contribution in [0.1, 0.15) is 29.5 Å². The molecule has 1 saturated heterocycles. The van der Waals surface area contributed by atoms with Crippen molar-refractivity contribution in [2.45, 2.75) is 33.2 Å². The van der Waals surface area contributed by atoms with Crippen LogP contribution < -0.4 is 10.2 Å². The lowest BCUT2D eigenvalue weighted by Gasteiger charge is -2.32. The quantitative estimate of drug-likeness (QED) is 0.493. The van der Waals surface area contributed by atoms with Crippen LogP contribution in [-0.4, -0.2) is 34.1 Å². The molecule has 0 aliphatic carbocycles. The van der Waals surface area contributed by atoms with Crippen molar-refractivity contribution in [1.82, 2.24) is 20.4 Å². The van der Waals surface area contributed by atoms with Crippen molar-refractivity contribution >= 4 is 22.8 Å². The predicted molar refractivity (Wildman–Crippen MR) is 128 cm³/mol. The Hall–Kier alpha value is -3.74. The molecule has 0 bridgehead atoms. The maximum atomic E-state index is 12.7. The number of fused-ring (bicyclic) bond motifs is 1. The van der Waals surface area contributed by atoms with Crippen LogP contribution in [0.15, 0.2) is 59.4 Å². The number of rotatable bonds is 5. The number of carbonyl (C=O) groups excluding carboxylic acids is 1. The number of anilines is 1. The van der Waals surface area contributed by atoms with Crippen LogP contribution in [0, 0.1) is 19.8 Å². The molecular weight excluding hydrogens is 414 g/mol. The molecule has 7 nitrogen and oxygen atoms in total. The summed E-state index contributed by atoms with van der Waals surface area (Å²) in [7, 11) is 0. The molecule has 2 aromatic heterocycles. The zero-order valence-electron chi connectivity index (χ0n) is 18.9. The molecule has 1 fully saturated rings. The lowest BCUT2D eigenvalue weighted by molar-refractivity contribution is -0.125. The molecule has 1 amide bonds. The number of nitrogens with one attached hydrogen (secondary N) is 1. The van der Waals surface area contributed by atoms with E-state index in [1.807, 2.05) is 12.1 Å². The minimum Gasteiger partial charge on any atom is -0.356 e. The fourth-order valence-corrected chi connectivity index (χ4v) is 4.31. The Labute approximate surface area is 192 Å². The molecule has 0 atom stereocenters. The maximum absolute atomic E-state index is 12.7. The highest BCUT2D eigenvalue weighted by atomic mass is 16.5. The van der Waals surface area contributed by atoms with Crippen molar-refractivity contribution in [3.63, 3.8) is 0 Å². The fraction of sp³-hybridized carbons (Fsp3) is 0.308. The molecule has 0 unspecified atom stereocenters. The van der Waals surface area contributed by atoms with Crippen LogP contribution in [-0.2, 0) is 11.3 Å². The summed E-state index contributed by atoms with van der Waals surface area (Å²) >= 11 is 0. The van der Waals surface area contributed by atoms with E-state index in [1.54, 1.807) is 0 Å². The molecule has 2 aromatic carbocycles. The first-order valence-corrected chi connectivity index (χ1v) is 11.3. The summed E-state index contributed by atoms with van der Waals surface area (Å²) in [6.45, 7) is 6.16. The van der Waals surface area contributed by atoms with Gasteiger partial charge in [-0.2, -0.15) is 4.98 Å². The Balaban J connectivity index is 1.28. The number of benzene rings is 2. The summed E-state index contributed by atoms with van der Waals surface area (Å²) in [5.74, 6) is 0.937. The third-order valence-corrected chi connectivity index (χ3v) is 6.33. The van der Waals surface area contributed by atoms with E-state index in [0.29, 0.717) is 12.3 Å². The van der Waals surface area contributed by atoms with Crippen LogP contribution in [0.4, 0.5) is 5.82 Å². The SMILES string of the molecule is Cc1ccc(CNC(=O)C2CCN(c3ncnc4onc(-c5ccc(C)cc5)c34)CC2)cc1. The van der Waals surface area contributed by atoms with Gasteiger partial charge in [-0.1, -0.05) is 64.8 Å². The zero-order chi connectivity index (χ0) is 22.8. The first-order valence-electron chi connectivity index (χ1n) is 11.3. The van der Waals surface area contributed by atoms with E-state index in [4.69, 9.17) is 4.52 Å². The van der Waals surface area contributed by atoms with Crippen LogP contribution in [0.3, 0.4) is 0 Å². The molecule has 3 heterocycles. The Bertz CT molecular complexity index is 1260. The second kappa shape index (κ2) is 9.02. The molecule has 1 aliphatic rings. The van der Waals surface area contributed by atoms with Gasteiger partial charge in [-0.05, 0) is 32.3 Å². The van der Waals surface area contributed by atoms with Gasteiger partial charge in [0, 0.05) is 31.1 Å². The van der Waals surface area contributed by atoms with Crippen molar-refractivity contribution in [2.24, 2.45) is 5.92 Å². The Morgan fingerprint density at radius 3 is 2.36 bits per heavy atom. The number of amides is 1. The van der Waals surface area contributed by atoms with Crippen molar-refractivity contribution in [1.29, 1.82) is 0 Å². The molecule has 1 aliphatic heterocycles. The van der Waals surface area contributed by atoms with Crippen molar-refractivity contribution in [2.75, 3.05) is 18.0 Å². The summed E-state index contributed by atoms with van der Waals surface area (Å²) in [4.78, 5) is 23.8. The number of carbonyl (C=O) groups is 1. The van der Waals surface area contributed by atoms with E-state index in [1.165, 1.54) is 17.5 Å². The maximum Gasteiger partial charge on any atom is 0.263 e. The second-order valence-corrected chi connectivity index (χ2v) is 8.74. The smallest absolute Gasteiger partial charge is 0.263 e. The van der Waals surface area contributed by atoms with E-state index in [2.05, 4.69) is 75.6 Å². The molecule has 0 saturated carbocycles. The number of nitrogens with zero attached hydrogens (tertiary/aromatic N) is 4. The average Bonchev–Trinajstić information content (AvgIpc) is 3.28. The van der Waals surface area contributed by atoms with Crippen molar-refractivity contribution < 1.29 is 9.32 Å². The molecule has 168 valence electrons. The van der Waals surface area contributed by atoms with Gasteiger partial charge in [-0.15, -0.1) is 0 Å². The predicted octanol–water partition coefficient (Wildman–Crippen LogP) is 4.43. The first kappa shape index (κ1) is 21.1. The highest BCUT2D eigenvalue weighted by molar-refractivity contribution is 5.98. The topological polar surface area (TPSA) is 84.2 Å². The van der Waals surface area contributed by atoms with E-state index in [0.717, 1.165) is 54.0 Å². The van der Waals surface area contributed by atoms with Crippen molar-refractivity contribution in [3.8, 4) is 11.3 Å². The summed E-state index contributed by atoms with van der Waals surface area (Å²) in [6.07, 6.45) is 3.06. The van der Waals surface area contributed by atoms with E-state index < -0.39 is 0 Å². The highest BCUT2D eigenvalue weighted by Crippen LogP contribution is 2.34. The van der Waals surface area contributed by atoms with Crippen LogP contribution >= 0.6 is 0 Å². The molecule has 33 heavy (non-hydrogen) atoms. The summed E-state index contributed by atoms with van der Waals surface area (Å²) in [5.41, 5.74) is 5.72. The molecule has 0 radical (unpaired) electrons. The Kier molecular flexibility index (Phi) is 5.77. The minimum atomic E-state index is 0.00284. The van der Waals surface area contributed by atoms with Crippen molar-refractivity contribution in [3.05, 3.63) is 71.5 Å². The lowest BCUT2D eigenvalue weighted by Crippen LogP contribution is -2.40. The fourth-order valence-electron chi connectivity index (χ4n) is 4.31. The van der Waals surface area contributed by atoms with Gasteiger partial charge in [0.2, 0.25) is 5.91 Å². The molecular formula is C26H27N5O2. The van der Waals surface area contributed by atoms with E-state index in [9.17, 15) is 4.79 Å². The monoisotopic (exact) mass is 441 g/mol. The van der Waals surface area contributed by atoms with Gasteiger partial charge in [0.15, 0.2) is 0 Å². The average molecular weight is 442 g/mol. The molecule has 0 spiro atoms. The number of aromatic nitrogens is 3. The highest BCUT2D eigenvalue weighted by Gasteiger charge is 2.28. The van der Waals surface area contributed by atoms with Gasteiger partial charge in [0.1, 0.15) is 23.2 Å². The third-order valence-electron chi connectivity index (χ3n) is 6.33. The molecule has 1 N–H and O–H groups in total. The van der Waals surface area contributed by atoms with Crippen LogP contribution in [0.5, 0.6) is 0 Å². The number of aryl methyl sites for hydroxylation is 2. The number of hydrogen-bond acceptors (Lipinski definition) is 6. The lowest BCUT2D eigenvalue weighted by atomic mass is 9.95. The summed E-state index contributed by atoms with van der Waals surface area (Å²) < 4.78 is 5.51. The van der Waals surface area contributed by atoms with Crippen LogP contribution in [0.25, 0.3) is 22.4 Å². The van der Waals surface area contributed by atoms with Gasteiger partial charge in [-0.25, -0.2) is 4.98 Å². The Morgan fingerprint density at radius 1 is 1.00 bits per heavy atom. The van der Waals surface area contributed by atoms with Gasteiger partial charge >= 0.3 is 0 Å². The molecule has 7 heteroatoms. The third kappa shape index (κ3) is 4.44. The van der Waals surface area contributed by atoms with Gasteiger partial charge in [-0.3, -0.25) is 4.79 Å². The molecule has 4 aromatic rings. The van der Waals surface area contributed by atoms with Crippen LogP contribution in [0.2, 0.25) is 0 Å². The van der Waals surface area contributed by atoms with Gasteiger partial charge in [0.25, 0.3) is 5.71 Å². The van der Waals surface area contributed by atoms with E-state index >= 15 is 0 Å². The van der Waals surface area contributed by atoms with Gasteiger partial charge < -0.3 is 14.7 Å².